The number of amides is 1. The molecule has 0 bridgehead atoms. The lowest BCUT2D eigenvalue weighted by Gasteiger charge is -2.20. The fourth-order valence-electron chi connectivity index (χ4n) is 3.49. The topological polar surface area (TPSA) is 35.9 Å². The quantitative estimate of drug-likeness (QED) is 0.431. The number of carbonyl (C=O) groups is 1. The molecule has 1 heterocycles. The highest BCUT2D eigenvalue weighted by atomic mass is 32.2. The summed E-state index contributed by atoms with van der Waals surface area (Å²) < 4.78 is 0. The molecule has 0 unspecified atom stereocenters. The number of hydrogen-bond acceptors (Lipinski definition) is 4. The number of amidine groups is 1. The van der Waals surface area contributed by atoms with Crippen LogP contribution in [0.15, 0.2) is 94.8 Å². The summed E-state index contributed by atoms with van der Waals surface area (Å²) in [6.45, 7) is 6.24. The maximum absolute atomic E-state index is 13.3. The number of thioether (sulfide) groups is 1. The molecule has 31 heavy (non-hydrogen) atoms. The number of aliphatic imine (C=N–C) groups is 1. The lowest BCUT2D eigenvalue weighted by Crippen LogP contribution is -2.28. The van der Waals surface area contributed by atoms with E-state index in [4.69, 9.17) is 4.99 Å². The summed E-state index contributed by atoms with van der Waals surface area (Å²) in [6.07, 6.45) is 1.95. The largest absolute Gasteiger partial charge is 0.372 e. The summed E-state index contributed by atoms with van der Waals surface area (Å²) >= 11 is 1.41. The van der Waals surface area contributed by atoms with E-state index >= 15 is 0 Å². The van der Waals surface area contributed by atoms with Gasteiger partial charge in [-0.05, 0) is 73.6 Å². The SMILES string of the molecule is CCN(CC)c1ccc(C=C2SC(=Nc3ccccc3)N(c3ccccc3)C2=O)cc1. The van der Waals surface area contributed by atoms with Crippen molar-refractivity contribution in [3.8, 4) is 0 Å². The second kappa shape index (κ2) is 9.67. The minimum absolute atomic E-state index is 0.0568. The fraction of sp³-hybridized carbons (Fsp3) is 0.154. The Balaban J connectivity index is 1.68. The molecule has 0 N–H and O–H groups in total. The first-order valence-corrected chi connectivity index (χ1v) is 11.3. The average molecular weight is 428 g/mol. The summed E-state index contributed by atoms with van der Waals surface area (Å²) in [6, 6.07) is 27.7. The highest BCUT2D eigenvalue weighted by Crippen LogP contribution is 2.37. The van der Waals surface area contributed by atoms with Gasteiger partial charge in [-0.2, -0.15) is 0 Å². The molecule has 1 fully saturated rings. The molecule has 5 heteroatoms. The highest BCUT2D eigenvalue weighted by Gasteiger charge is 2.34. The molecule has 4 nitrogen and oxygen atoms in total. The van der Waals surface area contributed by atoms with Crippen molar-refractivity contribution in [3.63, 3.8) is 0 Å². The van der Waals surface area contributed by atoms with Crippen molar-refractivity contribution in [2.45, 2.75) is 13.8 Å². The Morgan fingerprint density at radius 3 is 2.10 bits per heavy atom. The van der Waals surface area contributed by atoms with Crippen LogP contribution in [-0.2, 0) is 4.79 Å². The summed E-state index contributed by atoms with van der Waals surface area (Å²) in [5.41, 5.74) is 3.83. The average Bonchev–Trinajstić information content (AvgIpc) is 3.11. The standard InChI is InChI=1S/C26H25N3OS/c1-3-28(4-2)22-17-15-20(16-18-22)19-24-25(30)29(23-13-9-6-10-14-23)26(31-24)27-21-11-7-5-8-12-21/h5-19H,3-4H2,1-2H3. The smallest absolute Gasteiger partial charge is 0.271 e. The van der Waals surface area contributed by atoms with E-state index < -0.39 is 0 Å². The van der Waals surface area contributed by atoms with Crippen LogP contribution >= 0.6 is 11.8 Å². The first-order chi connectivity index (χ1) is 15.2. The van der Waals surface area contributed by atoms with Crippen molar-refractivity contribution in [3.05, 3.63) is 95.4 Å². The van der Waals surface area contributed by atoms with Crippen molar-refractivity contribution < 1.29 is 4.79 Å². The zero-order valence-corrected chi connectivity index (χ0v) is 18.5. The molecule has 156 valence electrons. The van der Waals surface area contributed by atoms with Crippen LogP contribution in [0.5, 0.6) is 0 Å². The van der Waals surface area contributed by atoms with E-state index in [9.17, 15) is 4.79 Å². The van der Waals surface area contributed by atoms with Gasteiger partial charge < -0.3 is 4.90 Å². The molecule has 0 spiro atoms. The van der Waals surface area contributed by atoms with Gasteiger partial charge in [-0.25, -0.2) is 4.99 Å². The third kappa shape index (κ3) is 4.72. The molecule has 3 aromatic carbocycles. The van der Waals surface area contributed by atoms with Gasteiger partial charge in [0.2, 0.25) is 0 Å². The van der Waals surface area contributed by atoms with Gasteiger partial charge in [-0.3, -0.25) is 9.69 Å². The van der Waals surface area contributed by atoms with Crippen LogP contribution < -0.4 is 9.80 Å². The Labute approximate surface area is 187 Å². The van der Waals surface area contributed by atoms with Crippen LogP contribution in [0.25, 0.3) is 6.08 Å². The number of hydrogen-bond donors (Lipinski definition) is 0. The zero-order chi connectivity index (χ0) is 21.6. The normalized spacial score (nSPS) is 16.3. The van der Waals surface area contributed by atoms with Gasteiger partial charge in [-0.1, -0.05) is 48.5 Å². The Hall–Kier alpha value is -3.31. The third-order valence-electron chi connectivity index (χ3n) is 5.12. The second-order valence-electron chi connectivity index (χ2n) is 7.08. The summed E-state index contributed by atoms with van der Waals surface area (Å²) in [7, 11) is 0. The zero-order valence-electron chi connectivity index (χ0n) is 17.7. The van der Waals surface area contributed by atoms with Gasteiger partial charge in [0.1, 0.15) is 0 Å². The number of para-hydroxylation sites is 2. The number of rotatable bonds is 6. The van der Waals surface area contributed by atoms with Crippen LogP contribution in [-0.4, -0.2) is 24.2 Å². The maximum Gasteiger partial charge on any atom is 0.271 e. The monoisotopic (exact) mass is 427 g/mol. The molecule has 0 radical (unpaired) electrons. The van der Waals surface area contributed by atoms with E-state index in [1.54, 1.807) is 4.90 Å². The van der Waals surface area contributed by atoms with E-state index in [1.807, 2.05) is 66.7 Å². The van der Waals surface area contributed by atoms with E-state index in [0.717, 1.165) is 30.0 Å². The predicted octanol–water partition coefficient (Wildman–Crippen LogP) is 6.34. The molecule has 1 amide bonds. The van der Waals surface area contributed by atoms with Gasteiger partial charge in [-0.15, -0.1) is 0 Å². The Morgan fingerprint density at radius 1 is 0.871 bits per heavy atom. The lowest BCUT2D eigenvalue weighted by atomic mass is 10.1. The molecular weight excluding hydrogens is 402 g/mol. The molecular formula is C26H25N3OS. The lowest BCUT2D eigenvalue weighted by molar-refractivity contribution is -0.113. The first kappa shape index (κ1) is 20.9. The van der Waals surface area contributed by atoms with Crippen LogP contribution in [0.2, 0.25) is 0 Å². The van der Waals surface area contributed by atoms with E-state index in [-0.39, 0.29) is 5.91 Å². The van der Waals surface area contributed by atoms with Crippen LogP contribution in [0.4, 0.5) is 17.1 Å². The van der Waals surface area contributed by atoms with Crippen LogP contribution in [0, 0.1) is 0 Å². The number of benzene rings is 3. The molecule has 0 aliphatic carbocycles. The summed E-state index contributed by atoms with van der Waals surface area (Å²) in [4.78, 5) is 22.7. The molecule has 3 aromatic rings. The molecule has 1 aliphatic heterocycles. The predicted molar refractivity (Wildman–Crippen MR) is 133 cm³/mol. The summed E-state index contributed by atoms with van der Waals surface area (Å²) in [5.74, 6) is -0.0568. The van der Waals surface area contributed by atoms with Crippen molar-refractivity contribution in [2.24, 2.45) is 4.99 Å². The summed E-state index contributed by atoms with van der Waals surface area (Å²) in [5, 5.41) is 0.661. The molecule has 4 rings (SSSR count). The highest BCUT2D eigenvalue weighted by molar-refractivity contribution is 8.19. The number of anilines is 2. The maximum atomic E-state index is 13.3. The van der Waals surface area contributed by atoms with E-state index in [2.05, 4.69) is 43.0 Å². The van der Waals surface area contributed by atoms with E-state index in [0.29, 0.717) is 10.1 Å². The van der Waals surface area contributed by atoms with Crippen molar-refractivity contribution in [2.75, 3.05) is 22.9 Å². The van der Waals surface area contributed by atoms with Gasteiger partial charge in [0, 0.05) is 18.8 Å². The molecule has 0 saturated carbocycles. The Bertz CT molecular complexity index is 1090. The Morgan fingerprint density at radius 2 is 1.48 bits per heavy atom. The van der Waals surface area contributed by atoms with Gasteiger partial charge in [0.05, 0.1) is 16.3 Å². The number of carbonyl (C=O) groups excluding carboxylic acids is 1. The van der Waals surface area contributed by atoms with Crippen molar-refractivity contribution >= 4 is 46.0 Å². The molecule has 0 atom stereocenters. The molecule has 1 saturated heterocycles. The van der Waals surface area contributed by atoms with Crippen LogP contribution in [0.1, 0.15) is 19.4 Å². The minimum atomic E-state index is -0.0568. The van der Waals surface area contributed by atoms with Crippen molar-refractivity contribution in [1.82, 2.24) is 0 Å². The molecule has 1 aliphatic rings. The fourth-order valence-corrected chi connectivity index (χ4v) is 4.49. The van der Waals surface area contributed by atoms with Gasteiger partial charge in [0.25, 0.3) is 5.91 Å². The third-order valence-corrected chi connectivity index (χ3v) is 6.09. The van der Waals surface area contributed by atoms with Gasteiger partial charge in [0.15, 0.2) is 5.17 Å². The second-order valence-corrected chi connectivity index (χ2v) is 8.09. The first-order valence-electron chi connectivity index (χ1n) is 10.5. The van der Waals surface area contributed by atoms with Crippen LogP contribution in [0.3, 0.4) is 0 Å². The van der Waals surface area contributed by atoms with E-state index in [1.165, 1.54) is 17.4 Å². The van der Waals surface area contributed by atoms with Gasteiger partial charge >= 0.3 is 0 Å². The Kier molecular flexibility index (Phi) is 6.53. The molecule has 0 aromatic heterocycles. The minimum Gasteiger partial charge on any atom is -0.372 e. The van der Waals surface area contributed by atoms with Crippen molar-refractivity contribution in [1.29, 1.82) is 0 Å². The number of nitrogens with zero attached hydrogens (tertiary/aromatic N) is 3.